The molecule has 0 aliphatic carbocycles. The third kappa shape index (κ3) is 2.76. The van der Waals surface area contributed by atoms with E-state index in [0.29, 0.717) is 5.56 Å². The Labute approximate surface area is 133 Å². The Hall–Kier alpha value is -3.07. The van der Waals surface area contributed by atoms with Crippen LogP contribution in [0.3, 0.4) is 0 Å². The molecule has 3 aromatic rings. The predicted molar refractivity (Wildman–Crippen MR) is 83.3 cm³/mol. The molecule has 124 valence electrons. The minimum atomic E-state index is -1.09. The zero-order valence-corrected chi connectivity index (χ0v) is 12.5. The number of H-pyrrole nitrogens is 2. The monoisotopic (exact) mass is 332 g/mol. The Morgan fingerprint density at radius 2 is 1.83 bits per heavy atom. The van der Waals surface area contributed by atoms with E-state index >= 15 is 0 Å². The molecule has 0 aliphatic heterocycles. The van der Waals surface area contributed by atoms with Gasteiger partial charge in [0.05, 0.1) is 6.10 Å². The first-order chi connectivity index (χ1) is 11.4. The number of aromatic nitrogens is 4. The van der Waals surface area contributed by atoms with E-state index in [2.05, 4.69) is 15.0 Å². The van der Waals surface area contributed by atoms with Gasteiger partial charge in [0, 0.05) is 13.5 Å². The number of rotatable bonds is 3. The Bertz CT molecular complexity index is 1080. The van der Waals surface area contributed by atoms with Crippen molar-refractivity contribution in [1.29, 1.82) is 0 Å². The van der Waals surface area contributed by atoms with Crippen molar-refractivity contribution in [2.24, 2.45) is 7.05 Å². The minimum absolute atomic E-state index is 0.00577. The molecular formula is C15H13FN4O4. The van der Waals surface area contributed by atoms with Gasteiger partial charge in [0.25, 0.3) is 11.1 Å². The third-order valence-electron chi connectivity index (χ3n) is 3.68. The first-order valence-electron chi connectivity index (χ1n) is 7.02. The lowest BCUT2D eigenvalue weighted by Gasteiger charge is -2.11. The van der Waals surface area contributed by atoms with Crippen LogP contribution in [-0.2, 0) is 13.5 Å². The molecule has 9 heteroatoms. The third-order valence-corrected chi connectivity index (χ3v) is 3.68. The van der Waals surface area contributed by atoms with Crippen molar-refractivity contribution in [3.05, 3.63) is 72.5 Å². The number of hydrogen-bond donors (Lipinski definition) is 3. The summed E-state index contributed by atoms with van der Waals surface area (Å²) in [7, 11) is 1.38. The maximum absolute atomic E-state index is 12.9. The van der Waals surface area contributed by atoms with Crippen LogP contribution in [0.1, 0.15) is 17.4 Å². The van der Waals surface area contributed by atoms with Crippen LogP contribution in [0.5, 0.6) is 0 Å². The molecule has 0 saturated carbocycles. The summed E-state index contributed by atoms with van der Waals surface area (Å²) in [5.74, 6) is -0.444. The van der Waals surface area contributed by atoms with Crippen molar-refractivity contribution in [3.8, 4) is 0 Å². The number of aryl methyl sites for hydroxylation is 1. The van der Waals surface area contributed by atoms with Gasteiger partial charge < -0.3 is 10.1 Å². The number of aliphatic hydroxyl groups is 1. The molecule has 0 fully saturated rings. The number of fused-ring (bicyclic) bond motifs is 1. The molecule has 8 nitrogen and oxygen atoms in total. The van der Waals surface area contributed by atoms with E-state index in [1.54, 1.807) is 0 Å². The van der Waals surface area contributed by atoms with Gasteiger partial charge in [-0.25, -0.2) is 14.2 Å². The zero-order chi connectivity index (χ0) is 17.4. The van der Waals surface area contributed by atoms with Gasteiger partial charge in [0.2, 0.25) is 0 Å². The summed E-state index contributed by atoms with van der Waals surface area (Å²) >= 11 is 0. The van der Waals surface area contributed by atoms with E-state index in [4.69, 9.17) is 0 Å². The molecule has 2 heterocycles. The van der Waals surface area contributed by atoms with E-state index in [9.17, 15) is 23.9 Å². The van der Waals surface area contributed by atoms with Crippen LogP contribution in [0.15, 0.2) is 38.6 Å². The molecule has 0 radical (unpaired) electrons. The van der Waals surface area contributed by atoms with Gasteiger partial charge in [-0.3, -0.25) is 19.1 Å². The van der Waals surface area contributed by atoms with Gasteiger partial charge in [-0.05, 0) is 17.7 Å². The average Bonchev–Trinajstić information content (AvgIpc) is 2.54. The highest BCUT2D eigenvalue weighted by molar-refractivity contribution is 5.68. The molecule has 0 spiro atoms. The number of benzene rings is 1. The second kappa shape index (κ2) is 5.85. The van der Waals surface area contributed by atoms with Crippen molar-refractivity contribution in [3.63, 3.8) is 0 Å². The van der Waals surface area contributed by atoms with Crippen LogP contribution >= 0.6 is 0 Å². The minimum Gasteiger partial charge on any atom is -0.388 e. The molecule has 24 heavy (non-hydrogen) atoms. The number of nitrogens with one attached hydrogen (secondary N) is 2. The first-order valence-corrected chi connectivity index (χ1v) is 7.02. The molecular weight excluding hydrogens is 319 g/mol. The quantitative estimate of drug-likeness (QED) is 0.609. The molecule has 3 N–H and O–H groups in total. The zero-order valence-electron chi connectivity index (χ0n) is 12.5. The number of halogens is 1. The van der Waals surface area contributed by atoms with Gasteiger partial charge in [0.15, 0.2) is 5.52 Å². The van der Waals surface area contributed by atoms with E-state index in [1.165, 1.54) is 31.3 Å². The molecule has 3 rings (SSSR count). The van der Waals surface area contributed by atoms with Crippen LogP contribution in [0, 0.1) is 5.82 Å². The average molecular weight is 332 g/mol. The van der Waals surface area contributed by atoms with E-state index in [-0.39, 0.29) is 23.3 Å². The van der Waals surface area contributed by atoms with E-state index in [0.717, 1.165) is 4.57 Å². The fraction of sp³-hybridized carbons (Fsp3) is 0.200. The highest BCUT2D eigenvalue weighted by atomic mass is 19.1. The molecule has 1 atom stereocenters. The Kier molecular flexibility index (Phi) is 3.86. The molecule has 0 amide bonds. The Balaban J connectivity index is 2.06. The van der Waals surface area contributed by atoms with Crippen LogP contribution in [0.25, 0.3) is 11.2 Å². The van der Waals surface area contributed by atoms with Crippen molar-refractivity contribution >= 4 is 11.2 Å². The van der Waals surface area contributed by atoms with Gasteiger partial charge in [-0.2, -0.15) is 0 Å². The summed E-state index contributed by atoms with van der Waals surface area (Å²) in [5, 5.41) is 10.2. The van der Waals surface area contributed by atoms with Gasteiger partial charge in [0.1, 0.15) is 17.2 Å². The maximum Gasteiger partial charge on any atom is 0.329 e. The number of nitrogens with zero attached hydrogens (tertiary/aromatic N) is 2. The SMILES string of the molecule is Cn1c(=O)[nH]c(=O)c2nc(C[C@@H](O)c3ccc(F)cc3)c(=O)[nH]c21. The van der Waals surface area contributed by atoms with Gasteiger partial charge >= 0.3 is 5.69 Å². The van der Waals surface area contributed by atoms with Crippen LogP contribution < -0.4 is 16.8 Å². The topological polar surface area (TPSA) is 121 Å². The van der Waals surface area contributed by atoms with Crippen molar-refractivity contribution < 1.29 is 9.50 Å². The summed E-state index contributed by atoms with van der Waals surface area (Å²) < 4.78 is 14.0. The smallest absolute Gasteiger partial charge is 0.329 e. The van der Waals surface area contributed by atoms with Crippen LogP contribution in [0.2, 0.25) is 0 Å². The largest absolute Gasteiger partial charge is 0.388 e. The molecule has 0 unspecified atom stereocenters. The van der Waals surface area contributed by atoms with E-state index in [1.807, 2.05) is 0 Å². The highest BCUT2D eigenvalue weighted by Crippen LogP contribution is 2.16. The summed E-state index contributed by atoms with van der Waals surface area (Å²) in [6.07, 6.45) is -1.26. The lowest BCUT2D eigenvalue weighted by molar-refractivity contribution is 0.176. The van der Waals surface area contributed by atoms with E-state index < -0.39 is 28.7 Å². The highest BCUT2D eigenvalue weighted by Gasteiger charge is 2.16. The molecule has 0 bridgehead atoms. The normalized spacial score (nSPS) is 12.5. The summed E-state index contributed by atoms with van der Waals surface area (Å²) in [6, 6.07) is 5.17. The standard InChI is InChI=1S/C15H13FN4O4/c1-20-12-11(14(23)19-15(20)24)17-9(13(22)18-12)6-10(21)7-2-4-8(16)5-3-7/h2-5,10,21H,6H2,1H3,(H,18,22)(H,19,23,24)/t10-/m1/s1. The second-order valence-corrected chi connectivity index (χ2v) is 5.30. The van der Waals surface area contributed by atoms with Crippen LogP contribution in [-0.4, -0.2) is 24.6 Å². The van der Waals surface area contributed by atoms with Gasteiger partial charge in [-0.1, -0.05) is 12.1 Å². The summed E-state index contributed by atoms with van der Waals surface area (Å²) in [5.41, 5.74) is -1.81. The Morgan fingerprint density at radius 3 is 2.50 bits per heavy atom. The molecule has 0 aliphatic rings. The fourth-order valence-corrected chi connectivity index (χ4v) is 2.34. The number of hydrogen-bond acceptors (Lipinski definition) is 5. The second-order valence-electron chi connectivity index (χ2n) is 5.30. The first kappa shape index (κ1) is 15.8. The van der Waals surface area contributed by atoms with Gasteiger partial charge in [-0.15, -0.1) is 0 Å². The lowest BCUT2D eigenvalue weighted by Crippen LogP contribution is -2.32. The van der Waals surface area contributed by atoms with Crippen molar-refractivity contribution in [2.75, 3.05) is 0 Å². The molecule has 1 aromatic carbocycles. The molecule has 2 aromatic heterocycles. The van der Waals surface area contributed by atoms with Crippen molar-refractivity contribution in [2.45, 2.75) is 12.5 Å². The fourth-order valence-electron chi connectivity index (χ4n) is 2.34. The summed E-state index contributed by atoms with van der Waals surface area (Å²) in [6.45, 7) is 0. The lowest BCUT2D eigenvalue weighted by atomic mass is 10.1. The number of aliphatic hydroxyl groups excluding tert-OH is 1. The Morgan fingerprint density at radius 1 is 1.17 bits per heavy atom. The van der Waals surface area contributed by atoms with Crippen molar-refractivity contribution in [1.82, 2.24) is 19.5 Å². The maximum atomic E-state index is 12.9. The number of aromatic amines is 2. The van der Waals surface area contributed by atoms with Crippen LogP contribution in [0.4, 0.5) is 4.39 Å². The molecule has 0 saturated heterocycles. The summed E-state index contributed by atoms with van der Waals surface area (Å²) in [4.78, 5) is 44.0. The predicted octanol–water partition coefficient (Wildman–Crippen LogP) is -0.275.